The molecule has 1 aliphatic carbocycles. The van der Waals surface area contributed by atoms with E-state index in [2.05, 4.69) is 45.0 Å². The minimum Gasteiger partial charge on any atom is -0.466 e. The van der Waals surface area contributed by atoms with Crippen molar-refractivity contribution < 1.29 is 9.53 Å². The first-order chi connectivity index (χ1) is 8.43. The van der Waals surface area contributed by atoms with Gasteiger partial charge in [0.15, 0.2) is 0 Å². The molecule has 0 unspecified atom stereocenters. The summed E-state index contributed by atoms with van der Waals surface area (Å²) in [5, 5.41) is 0. The van der Waals surface area contributed by atoms with Gasteiger partial charge in [-0.05, 0) is 35.8 Å². The summed E-state index contributed by atoms with van der Waals surface area (Å²) in [7, 11) is 0. The van der Waals surface area contributed by atoms with E-state index in [0.29, 0.717) is 12.5 Å². The van der Waals surface area contributed by atoms with Crippen molar-refractivity contribution in [3.05, 3.63) is 35.4 Å². The highest BCUT2D eigenvalue weighted by Gasteiger charge is 2.45. The van der Waals surface area contributed by atoms with Crippen molar-refractivity contribution in [3.8, 4) is 0 Å². The lowest BCUT2D eigenvalue weighted by Gasteiger charge is -2.19. The van der Waals surface area contributed by atoms with E-state index in [1.165, 1.54) is 11.1 Å². The molecule has 98 valence electrons. The average molecular weight is 246 g/mol. The lowest BCUT2D eigenvalue weighted by atomic mass is 9.86. The standard InChI is InChI=1S/C16H22O2/c1-5-18-15(17)14-10-13(14)11-6-8-12(9-7-11)16(2,3)4/h6-9,13-14H,5,10H2,1-4H3/t13-,14+/m0/s1. The molecule has 2 heteroatoms. The molecule has 0 aromatic heterocycles. The van der Waals surface area contributed by atoms with E-state index in [1.807, 2.05) is 6.92 Å². The van der Waals surface area contributed by atoms with E-state index in [-0.39, 0.29) is 17.3 Å². The van der Waals surface area contributed by atoms with Crippen LogP contribution in [0.1, 0.15) is 51.2 Å². The van der Waals surface area contributed by atoms with Crippen LogP contribution in [0.2, 0.25) is 0 Å². The lowest BCUT2D eigenvalue weighted by molar-refractivity contribution is -0.144. The Kier molecular flexibility index (Phi) is 3.47. The van der Waals surface area contributed by atoms with E-state index in [9.17, 15) is 4.79 Å². The van der Waals surface area contributed by atoms with Gasteiger partial charge in [0.1, 0.15) is 0 Å². The fraction of sp³-hybridized carbons (Fsp3) is 0.562. The number of rotatable bonds is 3. The first-order valence-corrected chi connectivity index (χ1v) is 6.70. The molecule has 18 heavy (non-hydrogen) atoms. The Morgan fingerprint density at radius 2 is 1.89 bits per heavy atom. The van der Waals surface area contributed by atoms with Crippen molar-refractivity contribution in [2.24, 2.45) is 5.92 Å². The molecule has 0 radical (unpaired) electrons. The number of carbonyl (C=O) groups excluding carboxylic acids is 1. The zero-order valence-electron chi connectivity index (χ0n) is 11.7. The monoisotopic (exact) mass is 246 g/mol. The molecular formula is C16H22O2. The summed E-state index contributed by atoms with van der Waals surface area (Å²) >= 11 is 0. The van der Waals surface area contributed by atoms with Crippen molar-refractivity contribution >= 4 is 5.97 Å². The Morgan fingerprint density at radius 3 is 2.39 bits per heavy atom. The van der Waals surface area contributed by atoms with Crippen LogP contribution in [0, 0.1) is 5.92 Å². The maximum Gasteiger partial charge on any atom is 0.309 e. The van der Waals surface area contributed by atoms with Crippen molar-refractivity contribution in [1.82, 2.24) is 0 Å². The highest BCUT2D eigenvalue weighted by molar-refractivity contribution is 5.77. The summed E-state index contributed by atoms with van der Waals surface area (Å²) < 4.78 is 5.06. The van der Waals surface area contributed by atoms with Crippen molar-refractivity contribution in [3.63, 3.8) is 0 Å². The van der Waals surface area contributed by atoms with Gasteiger partial charge in [0.05, 0.1) is 12.5 Å². The Labute approximate surface area is 109 Å². The molecule has 2 nitrogen and oxygen atoms in total. The second-order valence-corrected chi connectivity index (χ2v) is 6.07. The van der Waals surface area contributed by atoms with Crippen LogP contribution in [0.25, 0.3) is 0 Å². The summed E-state index contributed by atoms with van der Waals surface area (Å²) in [6.07, 6.45) is 0.938. The van der Waals surface area contributed by atoms with Crippen LogP contribution in [0.15, 0.2) is 24.3 Å². The summed E-state index contributed by atoms with van der Waals surface area (Å²) in [6, 6.07) is 8.67. The van der Waals surface area contributed by atoms with Gasteiger partial charge in [0.2, 0.25) is 0 Å². The highest BCUT2D eigenvalue weighted by atomic mass is 16.5. The van der Waals surface area contributed by atoms with E-state index >= 15 is 0 Å². The third-order valence-electron chi connectivity index (χ3n) is 3.58. The maximum atomic E-state index is 11.6. The van der Waals surface area contributed by atoms with Gasteiger partial charge in [-0.25, -0.2) is 0 Å². The van der Waals surface area contributed by atoms with Gasteiger partial charge in [-0.3, -0.25) is 4.79 Å². The Hall–Kier alpha value is -1.31. The number of carbonyl (C=O) groups is 1. The SMILES string of the molecule is CCOC(=O)[C@@H]1C[C@H]1c1ccc(C(C)(C)C)cc1. The number of esters is 1. The van der Waals surface area contributed by atoms with Crippen molar-refractivity contribution in [2.75, 3.05) is 6.61 Å². The van der Waals surface area contributed by atoms with Crippen molar-refractivity contribution in [2.45, 2.75) is 45.4 Å². The number of benzene rings is 1. The Morgan fingerprint density at radius 1 is 1.28 bits per heavy atom. The largest absolute Gasteiger partial charge is 0.466 e. The molecule has 0 spiro atoms. The molecule has 1 saturated carbocycles. The van der Waals surface area contributed by atoms with Gasteiger partial charge < -0.3 is 4.74 Å². The van der Waals surface area contributed by atoms with Gasteiger partial charge >= 0.3 is 5.97 Å². The molecule has 0 heterocycles. The minimum atomic E-state index is -0.0394. The molecule has 0 aliphatic heterocycles. The van der Waals surface area contributed by atoms with Gasteiger partial charge in [-0.2, -0.15) is 0 Å². The predicted octanol–water partition coefficient (Wildman–Crippen LogP) is 3.65. The first-order valence-electron chi connectivity index (χ1n) is 6.70. The van der Waals surface area contributed by atoms with Gasteiger partial charge in [-0.15, -0.1) is 0 Å². The van der Waals surface area contributed by atoms with Crippen LogP contribution in [0.5, 0.6) is 0 Å². The third-order valence-corrected chi connectivity index (χ3v) is 3.58. The molecule has 1 aromatic rings. The molecule has 0 bridgehead atoms. The first kappa shape index (κ1) is 13.1. The number of hydrogen-bond acceptors (Lipinski definition) is 2. The van der Waals surface area contributed by atoms with Crippen LogP contribution < -0.4 is 0 Å². The number of ether oxygens (including phenoxy) is 1. The van der Waals surface area contributed by atoms with E-state index in [4.69, 9.17) is 4.74 Å². The molecule has 1 aliphatic rings. The third kappa shape index (κ3) is 2.74. The maximum absolute atomic E-state index is 11.6. The van der Waals surface area contributed by atoms with E-state index in [0.717, 1.165) is 6.42 Å². The molecule has 0 amide bonds. The highest BCUT2D eigenvalue weighted by Crippen LogP contribution is 2.48. The quantitative estimate of drug-likeness (QED) is 0.761. The fourth-order valence-electron chi connectivity index (χ4n) is 2.30. The van der Waals surface area contributed by atoms with Crippen LogP contribution in [0.3, 0.4) is 0 Å². The zero-order chi connectivity index (χ0) is 13.3. The normalized spacial score (nSPS) is 22.7. The molecule has 2 atom stereocenters. The lowest BCUT2D eigenvalue weighted by Crippen LogP contribution is -2.11. The Balaban J connectivity index is 2.03. The smallest absolute Gasteiger partial charge is 0.309 e. The van der Waals surface area contributed by atoms with Crippen LogP contribution in [-0.4, -0.2) is 12.6 Å². The van der Waals surface area contributed by atoms with Gasteiger partial charge in [-0.1, -0.05) is 45.0 Å². The van der Waals surface area contributed by atoms with E-state index < -0.39 is 0 Å². The zero-order valence-corrected chi connectivity index (χ0v) is 11.7. The van der Waals surface area contributed by atoms with Crippen LogP contribution in [0.4, 0.5) is 0 Å². The minimum absolute atomic E-state index is 0.0394. The molecular weight excluding hydrogens is 224 g/mol. The topological polar surface area (TPSA) is 26.3 Å². The van der Waals surface area contributed by atoms with Gasteiger partial charge in [0, 0.05) is 0 Å². The molecule has 2 rings (SSSR count). The predicted molar refractivity (Wildman–Crippen MR) is 72.6 cm³/mol. The molecule has 0 saturated heterocycles. The second-order valence-electron chi connectivity index (χ2n) is 6.07. The summed E-state index contributed by atoms with van der Waals surface area (Å²) in [6.45, 7) is 8.96. The summed E-state index contributed by atoms with van der Waals surface area (Å²) in [4.78, 5) is 11.6. The average Bonchev–Trinajstić information content (AvgIpc) is 3.08. The fourth-order valence-corrected chi connectivity index (χ4v) is 2.30. The number of hydrogen-bond donors (Lipinski definition) is 0. The van der Waals surface area contributed by atoms with Crippen LogP contribution >= 0.6 is 0 Å². The Bertz CT molecular complexity index is 425. The van der Waals surface area contributed by atoms with Crippen molar-refractivity contribution in [1.29, 1.82) is 0 Å². The van der Waals surface area contributed by atoms with E-state index in [1.54, 1.807) is 0 Å². The second kappa shape index (κ2) is 4.75. The molecule has 1 fully saturated rings. The van der Waals surface area contributed by atoms with Crippen LogP contribution in [-0.2, 0) is 14.9 Å². The molecule has 1 aromatic carbocycles. The summed E-state index contributed by atoms with van der Waals surface area (Å²) in [5.74, 6) is 0.422. The van der Waals surface area contributed by atoms with Gasteiger partial charge in [0.25, 0.3) is 0 Å². The summed E-state index contributed by atoms with van der Waals surface area (Å²) in [5.41, 5.74) is 2.78. The molecule has 0 N–H and O–H groups in total.